The maximum Gasteiger partial charge on any atom is 0.306 e. The fourth-order valence-electron chi connectivity index (χ4n) is 5.17. The summed E-state index contributed by atoms with van der Waals surface area (Å²) in [6.45, 7) is 4.86. The number of carbonyl (C=O) groups is 4. The van der Waals surface area contributed by atoms with Gasteiger partial charge >= 0.3 is 5.91 Å². The summed E-state index contributed by atoms with van der Waals surface area (Å²) < 4.78 is 12.9. The van der Waals surface area contributed by atoms with Gasteiger partial charge in [0.15, 0.2) is 6.10 Å². The molecule has 10 nitrogen and oxygen atoms in total. The van der Waals surface area contributed by atoms with Crippen LogP contribution in [0.2, 0.25) is 0 Å². The zero-order chi connectivity index (χ0) is 31.5. The Morgan fingerprint density at radius 1 is 1.00 bits per heavy atom. The van der Waals surface area contributed by atoms with E-state index in [1.54, 1.807) is 18.2 Å². The molecule has 2 aliphatic rings. The van der Waals surface area contributed by atoms with Crippen LogP contribution < -0.4 is 0 Å². The Kier molecular flexibility index (Phi) is 11.5. The van der Waals surface area contributed by atoms with Crippen molar-refractivity contribution in [3.8, 4) is 0 Å². The Morgan fingerprint density at radius 3 is 2.30 bits per heavy atom. The minimum absolute atomic E-state index is 0.141. The van der Waals surface area contributed by atoms with E-state index in [0.717, 1.165) is 23.3 Å². The molecular weight excluding hydrogens is 562 g/mol. The van der Waals surface area contributed by atoms with Crippen LogP contribution in [0.5, 0.6) is 0 Å². The van der Waals surface area contributed by atoms with Gasteiger partial charge in [-0.2, -0.15) is 0 Å². The smallest absolute Gasteiger partial charge is 0.306 e. The van der Waals surface area contributed by atoms with Crippen molar-refractivity contribution in [1.29, 1.82) is 0 Å². The van der Waals surface area contributed by atoms with Crippen LogP contribution in [0.1, 0.15) is 56.8 Å². The average molecular weight is 600 g/mol. The van der Waals surface area contributed by atoms with Crippen molar-refractivity contribution in [2.45, 2.75) is 58.3 Å². The number of nitrogens with zero attached hydrogens (tertiary/aromatic N) is 3. The third-order valence-electron chi connectivity index (χ3n) is 7.29. The van der Waals surface area contributed by atoms with Crippen molar-refractivity contribution in [1.82, 2.24) is 9.80 Å². The quantitative estimate of drug-likeness (QED) is 0.167. The lowest BCUT2D eigenvalue weighted by Crippen LogP contribution is -2.39. The number of carbonyl (C=O) groups excluding carboxylic acids is 4. The molecule has 2 unspecified atom stereocenters. The molecule has 4 rings (SSSR count). The summed E-state index contributed by atoms with van der Waals surface area (Å²) in [6.07, 6.45) is 5.22. The van der Waals surface area contributed by atoms with Crippen molar-refractivity contribution in [3.63, 3.8) is 0 Å². The molecule has 4 amide bonds. The van der Waals surface area contributed by atoms with E-state index in [0.29, 0.717) is 36.6 Å². The van der Waals surface area contributed by atoms with Gasteiger partial charge in [0.1, 0.15) is 25.0 Å². The molecule has 0 bridgehead atoms. The number of amides is 4. The molecule has 1 saturated heterocycles. The molecule has 0 aromatic heterocycles. The lowest BCUT2D eigenvalue weighted by molar-refractivity contribution is -0.148. The van der Waals surface area contributed by atoms with Crippen LogP contribution in [-0.2, 0) is 35.3 Å². The lowest BCUT2D eigenvalue weighted by atomic mass is 9.97. The number of hydrogen-bond acceptors (Lipinski definition) is 7. The monoisotopic (exact) mass is 599 g/mol. The van der Waals surface area contributed by atoms with Gasteiger partial charge in [-0.05, 0) is 41.7 Å². The molecule has 1 fully saturated rings. The molecule has 1 aliphatic carbocycles. The number of hydrogen-bond donors (Lipinski definition) is 0. The van der Waals surface area contributed by atoms with E-state index in [-0.39, 0.29) is 24.3 Å². The van der Waals surface area contributed by atoms with Gasteiger partial charge in [0.2, 0.25) is 5.91 Å². The van der Waals surface area contributed by atoms with Crippen molar-refractivity contribution in [2.75, 3.05) is 19.6 Å². The van der Waals surface area contributed by atoms with E-state index in [2.05, 4.69) is 5.18 Å². The van der Waals surface area contributed by atoms with E-state index in [1.165, 1.54) is 0 Å². The summed E-state index contributed by atoms with van der Waals surface area (Å²) in [6, 6.07) is 19.0. The summed E-state index contributed by atoms with van der Waals surface area (Å²) in [5, 5.41) is 2.29. The minimum atomic E-state index is -1.10. The largest absolute Gasteiger partial charge is 0.490 e. The van der Waals surface area contributed by atoms with Gasteiger partial charge < -0.3 is 14.4 Å². The van der Waals surface area contributed by atoms with Gasteiger partial charge in [0.25, 0.3) is 11.8 Å². The highest BCUT2D eigenvalue weighted by Gasteiger charge is 2.36. The molecule has 2 aromatic carbocycles. The standard InChI is InChI=1S/C34H37N3O7/c1-3-17-36(18-4-2)34(41)32(26-13-9-6-10-14-26)44-29-20-25(15-16-28(29)43-23-24-11-7-5-8-12-24)19-27-21-31(39)37(33(27)40)22-30(38)35-42/h5-16,19,29,32H,3-4,17-18,20-23H2,1-2H3/b27-19+. The molecule has 2 aromatic rings. The van der Waals surface area contributed by atoms with Crippen LogP contribution >= 0.6 is 0 Å². The van der Waals surface area contributed by atoms with Gasteiger partial charge in [-0.15, -0.1) is 4.91 Å². The predicted octanol–water partition coefficient (Wildman–Crippen LogP) is 5.17. The molecule has 10 heteroatoms. The van der Waals surface area contributed by atoms with Gasteiger partial charge in [-0.3, -0.25) is 24.1 Å². The highest BCUT2D eigenvalue weighted by atomic mass is 16.5. The number of rotatable bonds is 14. The van der Waals surface area contributed by atoms with E-state index in [9.17, 15) is 24.1 Å². The molecule has 2 atom stereocenters. The SMILES string of the molecule is CCCN(CCC)C(=O)C(OC1CC(/C=C2\CC(=O)N(CC(=O)N=O)C2=O)=CC=C1OCc1ccccc1)c1ccccc1. The van der Waals surface area contributed by atoms with Crippen molar-refractivity contribution in [3.05, 3.63) is 112 Å². The highest BCUT2D eigenvalue weighted by Crippen LogP contribution is 2.32. The Hall–Kier alpha value is -4.70. The second-order valence-electron chi connectivity index (χ2n) is 10.6. The van der Waals surface area contributed by atoms with Crippen LogP contribution in [0.25, 0.3) is 0 Å². The Bertz CT molecular complexity index is 1440. The molecule has 0 N–H and O–H groups in total. The summed E-state index contributed by atoms with van der Waals surface area (Å²) in [5.74, 6) is -1.94. The fourth-order valence-corrected chi connectivity index (χ4v) is 5.17. The Balaban J connectivity index is 1.64. The summed E-state index contributed by atoms with van der Waals surface area (Å²) in [7, 11) is 0. The summed E-state index contributed by atoms with van der Waals surface area (Å²) >= 11 is 0. The van der Waals surface area contributed by atoms with Crippen molar-refractivity contribution >= 4 is 23.6 Å². The molecule has 0 spiro atoms. The number of imide groups is 1. The molecule has 0 saturated carbocycles. The Labute approximate surface area is 257 Å². The molecule has 0 radical (unpaired) electrons. The molecule has 1 heterocycles. The first kappa shape index (κ1) is 32.2. The van der Waals surface area contributed by atoms with Crippen molar-refractivity contribution < 1.29 is 28.7 Å². The van der Waals surface area contributed by atoms with Crippen LogP contribution in [0.3, 0.4) is 0 Å². The van der Waals surface area contributed by atoms with Crippen LogP contribution in [0.15, 0.2) is 101 Å². The topological polar surface area (TPSA) is 123 Å². The second-order valence-corrected chi connectivity index (χ2v) is 10.6. The maximum atomic E-state index is 13.9. The second kappa shape index (κ2) is 15.7. The average Bonchev–Trinajstić information content (AvgIpc) is 3.30. The van der Waals surface area contributed by atoms with Gasteiger partial charge in [-0.25, -0.2) is 0 Å². The van der Waals surface area contributed by atoms with Crippen molar-refractivity contribution in [2.24, 2.45) is 5.18 Å². The summed E-state index contributed by atoms with van der Waals surface area (Å²) in [4.78, 5) is 63.8. The number of benzene rings is 2. The van der Waals surface area contributed by atoms with Crippen LogP contribution in [0.4, 0.5) is 0 Å². The molecular formula is C34H37N3O7. The Morgan fingerprint density at radius 2 is 1.66 bits per heavy atom. The molecule has 44 heavy (non-hydrogen) atoms. The third kappa shape index (κ3) is 8.23. The number of ether oxygens (including phenoxy) is 2. The zero-order valence-electron chi connectivity index (χ0n) is 25.0. The lowest BCUT2D eigenvalue weighted by Gasteiger charge is -2.32. The number of likely N-dealkylation sites (tertiary alicyclic amines) is 1. The first-order valence-electron chi connectivity index (χ1n) is 14.8. The maximum absolute atomic E-state index is 13.9. The van der Waals surface area contributed by atoms with Crippen LogP contribution in [0, 0.1) is 4.91 Å². The summed E-state index contributed by atoms with van der Waals surface area (Å²) in [5.41, 5.74) is 2.55. The van der Waals surface area contributed by atoms with E-state index < -0.39 is 36.5 Å². The number of allylic oxidation sites excluding steroid dienone is 3. The van der Waals surface area contributed by atoms with Gasteiger partial charge in [-0.1, -0.05) is 80.6 Å². The van der Waals surface area contributed by atoms with E-state index >= 15 is 0 Å². The van der Waals surface area contributed by atoms with Gasteiger partial charge in [0, 0.05) is 30.3 Å². The van der Waals surface area contributed by atoms with E-state index in [4.69, 9.17) is 9.47 Å². The first-order chi connectivity index (χ1) is 21.3. The fraction of sp³-hybridized carbons (Fsp3) is 0.353. The molecule has 1 aliphatic heterocycles. The molecule has 230 valence electrons. The highest BCUT2D eigenvalue weighted by molar-refractivity contribution is 6.15. The first-order valence-corrected chi connectivity index (χ1v) is 14.8. The van der Waals surface area contributed by atoms with E-state index in [1.807, 2.05) is 79.4 Å². The van der Waals surface area contributed by atoms with Crippen LogP contribution in [-0.4, -0.2) is 59.2 Å². The predicted molar refractivity (Wildman–Crippen MR) is 163 cm³/mol. The third-order valence-corrected chi connectivity index (χ3v) is 7.29. The normalized spacial score (nSPS) is 18.1. The van der Waals surface area contributed by atoms with Gasteiger partial charge in [0.05, 0.1) is 6.42 Å². The zero-order valence-corrected chi connectivity index (χ0v) is 25.0. The minimum Gasteiger partial charge on any atom is -0.490 e. The number of nitroso groups, excluding NO2 is 1.